The standard InChI is InChI=1S/C9H5ClF2N2/c10-9-6(12)2-1-5(11)8(9)7-3-13-4-14-7/h1-4H,(H,13,14). The van der Waals surface area contributed by atoms with Crippen LogP contribution in [0.5, 0.6) is 0 Å². The fraction of sp³-hybridized carbons (Fsp3) is 0. The lowest BCUT2D eigenvalue weighted by Gasteiger charge is -2.03. The molecule has 0 fully saturated rings. The van der Waals surface area contributed by atoms with Crippen LogP contribution in [0, 0.1) is 11.6 Å². The van der Waals surface area contributed by atoms with Crippen LogP contribution in [0.4, 0.5) is 8.78 Å². The summed E-state index contributed by atoms with van der Waals surface area (Å²) in [5.74, 6) is -1.24. The third kappa shape index (κ3) is 1.37. The van der Waals surface area contributed by atoms with Crippen molar-refractivity contribution in [3.8, 4) is 11.3 Å². The van der Waals surface area contributed by atoms with Gasteiger partial charge in [0.2, 0.25) is 0 Å². The van der Waals surface area contributed by atoms with Crippen molar-refractivity contribution in [2.45, 2.75) is 0 Å². The van der Waals surface area contributed by atoms with Crippen LogP contribution in [0.3, 0.4) is 0 Å². The highest BCUT2D eigenvalue weighted by atomic mass is 35.5. The molecule has 0 aliphatic carbocycles. The van der Waals surface area contributed by atoms with E-state index in [1.54, 1.807) is 0 Å². The van der Waals surface area contributed by atoms with Crippen molar-refractivity contribution in [3.05, 3.63) is 41.3 Å². The Labute approximate surface area is 83.6 Å². The topological polar surface area (TPSA) is 28.7 Å². The van der Waals surface area contributed by atoms with Gasteiger partial charge in [0.15, 0.2) is 0 Å². The van der Waals surface area contributed by atoms with Gasteiger partial charge in [0.25, 0.3) is 0 Å². The van der Waals surface area contributed by atoms with Crippen LogP contribution in [0.2, 0.25) is 5.02 Å². The monoisotopic (exact) mass is 214 g/mol. The average Bonchev–Trinajstić information content (AvgIpc) is 2.65. The summed E-state index contributed by atoms with van der Waals surface area (Å²) in [5.41, 5.74) is 0.358. The second kappa shape index (κ2) is 3.38. The van der Waals surface area contributed by atoms with Gasteiger partial charge in [-0.15, -0.1) is 0 Å². The zero-order valence-corrected chi connectivity index (χ0v) is 7.65. The minimum absolute atomic E-state index is 0.00386. The van der Waals surface area contributed by atoms with Crippen LogP contribution in [0.25, 0.3) is 11.3 Å². The number of aromatic nitrogens is 2. The summed E-state index contributed by atoms with van der Waals surface area (Å²) in [6.07, 6.45) is 2.75. The Morgan fingerprint density at radius 3 is 2.57 bits per heavy atom. The molecule has 0 saturated carbocycles. The number of nitrogens with one attached hydrogen (secondary N) is 1. The number of H-pyrrole nitrogens is 1. The van der Waals surface area contributed by atoms with E-state index >= 15 is 0 Å². The van der Waals surface area contributed by atoms with Gasteiger partial charge in [-0.1, -0.05) is 11.6 Å². The first-order valence-electron chi connectivity index (χ1n) is 3.82. The molecule has 0 saturated heterocycles. The molecule has 0 radical (unpaired) electrons. The van der Waals surface area contributed by atoms with Gasteiger partial charge in [0.1, 0.15) is 11.6 Å². The predicted octanol–water partition coefficient (Wildman–Crippen LogP) is 3.01. The Morgan fingerprint density at radius 1 is 1.21 bits per heavy atom. The Kier molecular flexibility index (Phi) is 2.21. The van der Waals surface area contributed by atoms with Gasteiger partial charge >= 0.3 is 0 Å². The Morgan fingerprint density at radius 2 is 1.93 bits per heavy atom. The maximum absolute atomic E-state index is 13.3. The summed E-state index contributed by atoms with van der Waals surface area (Å²) in [6.45, 7) is 0. The summed E-state index contributed by atoms with van der Waals surface area (Å²) in [6, 6.07) is 2.01. The van der Waals surface area contributed by atoms with Crippen molar-refractivity contribution in [2.24, 2.45) is 0 Å². The van der Waals surface area contributed by atoms with Crippen molar-refractivity contribution >= 4 is 11.6 Å². The van der Waals surface area contributed by atoms with Crippen molar-refractivity contribution < 1.29 is 8.78 Å². The summed E-state index contributed by atoms with van der Waals surface area (Å²) in [7, 11) is 0. The summed E-state index contributed by atoms with van der Waals surface area (Å²) in [4.78, 5) is 6.37. The molecule has 5 heteroatoms. The molecule has 2 aromatic rings. The Balaban J connectivity index is 2.69. The van der Waals surface area contributed by atoms with E-state index in [9.17, 15) is 8.78 Å². The van der Waals surface area contributed by atoms with Crippen LogP contribution in [-0.4, -0.2) is 9.97 Å². The lowest BCUT2D eigenvalue weighted by molar-refractivity contribution is 0.603. The fourth-order valence-corrected chi connectivity index (χ4v) is 1.42. The highest BCUT2D eigenvalue weighted by Crippen LogP contribution is 2.30. The van der Waals surface area contributed by atoms with E-state index in [1.807, 2.05) is 0 Å². The van der Waals surface area contributed by atoms with Crippen LogP contribution in [0.1, 0.15) is 0 Å². The second-order valence-corrected chi connectivity index (χ2v) is 3.06. The number of rotatable bonds is 1. The molecule has 0 unspecified atom stereocenters. The summed E-state index contributed by atoms with van der Waals surface area (Å²) < 4.78 is 26.3. The number of nitrogens with zero attached hydrogens (tertiary/aromatic N) is 1. The number of hydrogen-bond acceptors (Lipinski definition) is 1. The van der Waals surface area contributed by atoms with E-state index < -0.39 is 11.6 Å². The molecule has 14 heavy (non-hydrogen) atoms. The van der Waals surface area contributed by atoms with E-state index in [1.165, 1.54) is 12.5 Å². The average molecular weight is 215 g/mol. The Hall–Kier alpha value is -1.42. The van der Waals surface area contributed by atoms with E-state index in [0.717, 1.165) is 12.1 Å². The zero-order valence-electron chi connectivity index (χ0n) is 6.89. The predicted molar refractivity (Wildman–Crippen MR) is 48.9 cm³/mol. The highest BCUT2D eigenvalue weighted by Gasteiger charge is 2.14. The van der Waals surface area contributed by atoms with Gasteiger partial charge in [-0.25, -0.2) is 13.8 Å². The Bertz CT molecular complexity index is 454. The van der Waals surface area contributed by atoms with E-state index in [4.69, 9.17) is 11.6 Å². The largest absolute Gasteiger partial charge is 0.345 e. The first-order valence-corrected chi connectivity index (χ1v) is 4.20. The minimum Gasteiger partial charge on any atom is -0.345 e. The molecule has 2 rings (SSSR count). The first kappa shape index (κ1) is 9.15. The van der Waals surface area contributed by atoms with Crippen molar-refractivity contribution in [1.29, 1.82) is 0 Å². The van der Waals surface area contributed by atoms with Gasteiger partial charge < -0.3 is 4.98 Å². The first-order chi connectivity index (χ1) is 6.70. The van der Waals surface area contributed by atoms with Gasteiger partial charge in [-0.05, 0) is 12.1 Å². The molecule has 1 N–H and O–H groups in total. The molecular formula is C9H5ClF2N2. The van der Waals surface area contributed by atoms with E-state index in [-0.39, 0.29) is 10.6 Å². The molecule has 0 atom stereocenters. The maximum Gasteiger partial charge on any atom is 0.142 e. The third-order valence-corrected chi connectivity index (χ3v) is 2.18. The molecule has 72 valence electrons. The van der Waals surface area contributed by atoms with Crippen molar-refractivity contribution in [2.75, 3.05) is 0 Å². The highest BCUT2D eigenvalue weighted by molar-refractivity contribution is 6.33. The fourth-order valence-electron chi connectivity index (χ4n) is 1.17. The summed E-state index contributed by atoms with van der Waals surface area (Å²) >= 11 is 5.63. The zero-order chi connectivity index (χ0) is 10.1. The molecular weight excluding hydrogens is 210 g/mol. The van der Waals surface area contributed by atoms with E-state index in [2.05, 4.69) is 9.97 Å². The normalized spacial score (nSPS) is 10.5. The number of halogens is 3. The number of benzene rings is 1. The summed E-state index contributed by atoms with van der Waals surface area (Å²) in [5, 5.41) is -0.241. The van der Waals surface area contributed by atoms with Gasteiger partial charge in [-0.3, -0.25) is 0 Å². The van der Waals surface area contributed by atoms with Gasteiger partial charge in [0, 0.05) is 0 Å². The van der Waals surface area contributed by atoms with Crippen molar-refractivity contribution in [3.63, 3.8) is 0 Å². The molecule has 0 amide bonds. The maximum atomic E-state index is 13.3. The van der Waals surface area contributed by atoms with Crippen LogP contribution in [-0.2, 0) is 0 Å². The molecule has 0 aliphatic heterocycles. The van der Waals surface area contributed by atoms with Crippen LogP contribution >= 0.6 is 11.6 Å². The molecule has 1 aromatic heterocycles. The van der Waals surface area contributed by atoms with Crippen LogP contribution < -0.4 is 0 Å². The molecule has 0 aliphatic rings. The third-order valence-electron chi connectivity index (χ3n) is 1.81. The van der Waals surface area contributed by atoms with Gasteiger partial charge in [-0.2, -0.15) is 0 Å². The smallest absolute Gasteiger partial charge is 0.142 e. The SMILES string of the molecule is Fc1ccc(F)c(-c2cnc[nH]2)c1Cl. The lowest BCUT2D eigenvalue weighted by atomic mass is 10.1. The quantitative estimate of drug-likeness (QED) is 0.727. The number of aromatic amines is 1. The molecule has 1 heterocycles. The molecule has 0 spiro atoms. The van der Waals surface area contributed by atoms with Crippen LogP contribution in [0.15, 0.2) is 24.7 Å². The number of hydrogen-bond donors (Lipinski definition) is 1. The molecule has 2 nitrogen and oxygen atoms in total. The van der Waals surface area contributed by atoms with Crippen molar-refractivity contribution in [1.82, 2.24) is 9.97 Å². The molecule has 1 aromatic carbocycles. The number of imidazole rings is 1. The molecule has 0 bridgehead atoms. The van der Waals surface area contributed by atoms with Gasteiger partial charge in [0.05, 0.1) is 28.8 Å². The van der Waals surface area contributed by atoms with E-state index in [0.29, 0.717) is 5.69 Å². The lowest BCUT2D eigenvalue weighted by Crippen LogP contribution is -1.89. The minimum atomic E-state index is -0.655. The second-order valence-electron chi connectivity index (χ2n) is 2.68.